The van der Waals surface area contributed by atoms with Gasteiger partial charge in [-0.05, 0) is 86.7 Å². The molecule has 0 amide bonds. The summed E-state index contributed by atoms with van der Waals surface area (Å²) < 4.78 is 7.56. The number of nitrogens with zero attached hydrogens (tertiary/aromatic N) is 2. The third-order valence-corrected chi connectivity index (χ3v) is 4.76. The largest absolute Gasteiger partial charge is 0.487 e. The summed E-state index contributed by atoms with van der Waals surface area (Å²) in [5.41, 5.74) is 1.88. The van der Waals surface area contributed by atoms with Crippen LogP contribution in [0.2, 0.25) is 0 Å². The Morgan fingerprint density at radius 1 is 1.12 bits per heavy atom. The molecule has 0 unspecified atom stereocenters. The summed E-state index contributed by atoms with van der Waals surface area (Å²) in [6.45, 7) is 0.308. The summed E-state index contributed by atoms with van der Waals surface area (Å²) >= 11 is 4.27. The summed E-state index contributed by atoms with van der Waals surface area (Å²) in [7, 11) is 0. The predicted molar refractivity (Wildman–Crippen MR) is 109 cm³/mol. The molecule has 0 spiro atoms. The second-order valence-electron chi connectivity index (χ2n) is 4.89. The zero-order chi connectivity index (χ0) is 18.4. The van der Waals surface area contributed by atoms with Gasteiger partial charge in [-0.25, -0.2) is 4.79 Å². The smallest absolute Gasteiger partial charge is 0.335 e. The van der Waals surface area contributed by atoms with Crippen LogP contribution in [0.5, 0.6) is 5.75 Å². The zero-order valence-corrected chi connectivity index (χ0v) is 17.0. The van der Waals surface area contributed by atoms with Crippen LogP contribution in [0.15, 0.2) is 42.0 Å². The fourth-order valence-electron chi connectivity index (χ4n) is 1.96. The number of carboxylic acid groups (broad SMARTS) is 1. The second kappa shape index (κ2) is 8.83. The molecule has 0 aliphatic carbocycles. The molecule has 0 aromatic heterocycles. The second-order valence-corrected chi connectivity index (χ2v) is 7.21. The van der Waals surface area contributed by atoms with Gasteiger partial charge in [-0.15, -0.1) is 0 Å². The van der Waals surface area contributed by atoms with Gasteiger partial charge < -0.3 is 9.84 Å². The Hall–Kier alpha value is -2.11. The molecule has 2 aromatic carbocycles. The van der Waals surface area contributed by atoms with Gasteiger partial charge in [0.25, 0.3) is 0 Å². The van der Waals surface area contributed by atoms with E-state index >= 15 is 0 Å². The molecule has 0 radical (unpaired) electrons. The molecule has 7 heteroatoms. The number of ether oxygens (including phenoxy) is 1. The van der Waals surface area contributed by atoms with Crippen molar-refractivity contribution in [1.29, 1.82) is 10.5 Å². The lowest BCUT2D eigenvalue weighted by molar-refractivity contribution is 0.0697. The minimum Gasteiger partial charge on any atom is -0.487 e. The molecule has 0 heterocycles. The third kappa shape index (κ3) is 5.18. The molecule has 5 nitrogen and oxygen atoms in total. The van der Waals surface area contributed by atoms with Crippen LogP contribution in [0.3, 0.4) is 0 Å². The topological polar surface area (TPSA) is 94.1 Å². The quantitative estimate of drug-likeness (QED) is 0.430. The maximum Gasteiger partial charge on any atom is 0.335 e. The Balaban J connectivity index is 2.18. The molecule has 1 N–H and O–H groups in total. The van der Waals surface area contributed by atoms with Crippen LogP contribution in [0.25, 0.3) is 6.08 Å². The molecular weight excluding hydrogens is 546 g/mol. The van der Waals surface area contributed by atoms with E-state index in [-0.39, 0.29) is 11.1 Å². The number of halogens is 2. The van der Waals surface area contributed by atoms with E-state index in [0.717, 1.165) is 18.3 Å². The van der Waals surface area contributed by atoms with Crippen molar-refractivity contribution in [3.8, 4) is 17.9 Å². The SMILES string of the molecule is N#CC(C#N)=Cc1cc(I)c(OCc2ccc(C(=O)O)cc2)c(I)c1. The molecular formula is C18H10I2N2O3. The van der Waals surface area contributed by atoms with Gasteiger partial charge in [0.2, 0.25) is 0 Å². The maximum atomic E-state index is 10.9. The van der Waals surface area contributed by atoms with Gasteiger partial charge in [0.1, 0.15) is 30.1 Å². The monoisotopic (exact) mass is 556 g/mol. The normalized spacial score (nSPS) is 9.60. The summed E-state index contributed by atoms with van der Waals surface area (Å²) in [4.78, 5) is 10.9. The molecule has 2 aromatic rings. The number of hydrogen-bond donors (Lipinski definition) is 1. The molecule has 0 aliphatic heterocycles. The zero-order valence-electron chi connectivity index (χ0n) is 12.7. The van der Waals surface area contributed by atoms with E-state index in [1.165, 1.54) is 18.2 Å². The molecule has 0 fully saturated rings. The average molecular weight is 556 g/mol. The highest BCUT2D eigenvalue weighted by atomic mass is 127. The van der Waals surface area contributed by atoms with Gasteiger partial charge in [-0.3, -0.25) is 0 Å². The van der Waals surface area contributed by atoms with Crippen molar-refractivity contribution in [2.45, 2.75) is 6.61 Å². The minimum atomic E-state index is -0.964. The lowest BCUT2D eigenvalue weighted by Crippen LogP contribution is -2.01. The van der Waals surface area contributed by atoms with Crippen LogP contribution in [-0.2, 0) is 6.61 Å². The Kier molecular flexibility index (Phi) is 6.79. The summed E-state index contributed by atoms with van der Waals surface area (Å²) in [6, 6.07) is 13.8. The molecule has 0 aliphatic rings. The predicted octanol–water partition coefficient (Wildman–Crippen LogP) is 4.60. The van der Waals surface area contributed by atoms with Crippen LogP contribution < -0.4 is 4.74 Å². The highest BCUT2D eigenvalue weighted by molar-refractivity contribution is 14.1. The van der Waals surface area contributed by atoms with Crippen LogP contribution >= 0.6 is 45.2 Å². The molecule has 124 valence electrons. The molecule has 0 bridgehead atoms. The highest BCUT2D eigenvalue weighted by Gasteiger charge is 2.10. The van der Waals surface area contributed by atoms with Crippen LogP contribution in [-0.4, -0.2) is 11.1 Å². The minimum absolute atomic E-state index is 0.0405. The van der Waals surface area contributed by atoms with Crippen molar-refractivity contribution in [1.82, 2.24) is 0 Å². The molecule has 0 saturated heterocycles. The summed E-state index contributed by atoms with van der Waals surface area (Å²) in [5, 5.41) is 26.6. The fourth-order valence-corrected chi connectivity index (χ4v) is 4.08. The molecule has 2 rings (SSSR count). The van der Waals surface area contributed by atoms with Crippen molar-refractivity contribution in [2.75, 3.05) is 0 Å². The number of allylic oxidation sites excluding steroid dienone is 1. The highest BCUT2D eigenvalue weighted by Crippen LogP contribution is 2.30. The van der Waals surface area contributed by atoms with Crippen LogP contribution in [0.4, 0.5) is 0 Å². The summed E-state index contributed by atoms with van der Waals surface area (Å²) in [5.74, 6) is -0.259. The van der Waals surface area contributed by atoms with Crippen molar-refractivity contribution >= 4 is 57.2 Å². The van der Waals surface area contributed by atoms with Crippen molar-refractivity contribution in [2.24, 2.45) is 0 Å². The van der Waals surface area contributed by atoms with E-state index in [9.17, 15) is 4.79 Å². The van der Waals surface area contributed by atoms with Gasteiger partial charge in [-0.2, -0.15) is 10.5 Å². The van der Waals surface area contributed by atoms with E-state index in [1.807, 2.05) is 24.3 Å². The van der Waals surface area contributed by atoms with Crippen LogP contribution in [0, 0.1) is 29.8 Å². The number of nitriles is 2. The van der Waals surface area contributed by atoms with Gasteiger partial charge in [0, 0.05) is 0 Å². The standard InChI is InChI=1S/C18H10I2N2O3/c19-15-6-12(5-13(8-21)9-22)7-16(20)17(15)25-10-11-1-3-14(4-2-11)18(23)24/h1-7H,10H2,(H,23,24). The number of benzene rings is 2. The number of aromatic carboxylic acids is 1. The van der Waals surface area contributed by atoms with E-state index in [2.05, 4.69) is 45.2 Å². The van der Waals surface area contributed by atoms with E-state index in [0.29, 0.717) is 12.4 Å². The number of rotatable bonds is 5. The average Bonchev–Trinajstić information content (AvgIpc) is 2.59. The van der Waals surface area contributed by atoms with Gasteiger partial charge >= 0.3 is 5.97 Å². The third-order valence-electron chi connectivity index (χ3n) is 3.16. The molecule has 0 saturated carbocycles. The Labute approximate surface area is 171 Å². The van der Waals surface area contributed by atoms with Gasteiger partial charge in [-0.1, -0.05) is 12.1 Å². The van der Waals surface area contributed by atoms with E-state index in [1.54, 1.807) is 12.1 Å². The lowest BCUT2D eigenvalue weighted by atomic mass is 10.1. The number of hydrogen-bond acceptors (Lipinski definition) is 4. The first-order valence-electron chi connectivity index (χ1n) is 6.90. The van der Waals surface area contributed by atoms with Crippen molar-refractivity contribution in [3.05, 3.63) is 65.8 Å². The van der Waals surface area contributed by atoms with Gasteiger partial charge in [0.15, 0.2) is 0 Å². The molecule has 25 heavy (non-hydrogen) atoms. The van der Waals surface area contributed by atoms with Crippen molar-refractivity contribution in [3.63, 3.8) is 0 Å². The Morgan fingerprint density at radius 2 is 1.68 bits per heavy atom. The Bertz CT molecular complexity index is 884. The summed E-state index contributed by atoms with van der Waals surface area (Å²) in [6.07, 6.45) is 1.53. The van der Waals surface area contributed by atoms with E-state index < -0.39 is 5.97 Å². The first-order chi connectivity index (χ1) is 11.9. The molecule has 0 atom stereocenters. The van der Waals surface area contributed by atoms with Gasteiger partial charge in [0.05, 0.1) is 12.7 Å². The number of carbonyl (C=O) groups is 1. The maximum absolute atomic E-state index is 10.9. The fraction of sp³-hybridized carbons (Fsp3) is 0.0556. The first kappa shape index (κ1) is 19.2. The van der Waals surface area contributed by atoms with Crippen molar-refractivity contribution < 1.29 is 14.6 Å². The van der Waals surface area contributed by atoms with E-state index in [4.69, 9.17) is 20.4 Å². The number of carboxylic acids is 1. The van der Waals surface area contributed by atoms with Crippen LogP contribution in [0.1, 0.15) is 21.5 Å². The lowest BCUT2D eigenvalue weighted by Gasteiger charge is -2.12. The Morgan fingerprint density at radius 3 is 2.16 bits per heavy atom. The first-order valence-corrected chi connectivity index (χ1v) is 9.06.